The topological polar surface area (TPSA) is 92.3 Å². The quantitative estimate of drug-likeness (QED) is 0.399. The predicted molar refractivity (Wildman–Crippen MR) is 143 cm³/mol. The van der Waals surface area contributed by atoms with Crippen molar-refractivity contribution in [2.45, 2.75) is 39.1 Å². The van der Waals surface area contributed by atoms with Gasteiger partial charge < -0.3 is 16.0 Å². The second-order valence-corrected chi connectivity index (χ2v) is 10.2. The summed E-state index contributed by atoms with van der Waals surface area (Å²) in [6.07, 6.45) is 6.76. The molecule has 3 heterocycles. The molecule has 0 aliphatic carbocycles. The van der Waals surface area contributed by atoms with Crippen LogP contribution in [-0.4, -0.2) is 22.2 Å². The summed E-state index contributed by atoms with van der Waals surface area (Å²) in [5.74, 6) is -0.189. The highest BCUT2D eigenvalue weighted by Gasteiger charge is 2.34. The number of rotatable bonds is 5. The van der Waals surface area contributed by atoms with Crippen molar-refractivity contribution < 1.29 is 0 Å². The number of aromatic nitrogens is 2. The minimum Gasteiger partial charge on any atom is -0.351 e. The van der Waals surface area contributed by atoms with Gasteiger partial charge in [0.05, 0.1) is 16.2 Å². The Labute approximate surface area is 215 Å². The molecule has 0 spiro atoms. The van der Waals surface area contributed by atoms with Gasteiger partial charge in [0.25, 0.3) is 0 Å². The van der Waals surface area contributed by atoms with Gasteiger partial charge in [-0.2, -0.15) is 5.10 Å². The molecule has 0 amide bonds. The Hall–Kier alpha value is -2.84. The van der Waals surface area contributed by atoms with Gasteiger partial charge in [0, 0.05) is 47.9 Å². The van der Waals surface area contributed by atoms with Crippen LogP contribution >= 0.6 is 23.2 Å². The molecule has 5 N–H and O–H groups in total. The zero-order valence-corrected chi connectivity index (χ0v) is 21.3. The largest absolute Gasteiger partial charge is 0.351 e. The Kier molecular flexibility index (Phi) is 6.59. The molecule has 1 unspecified atom stereocenters. The van der Waals surface area contributed by atoms with E-state index in [-0.39, 0.29) is 0 Å². The van der Waals surface area contributed by atoms with E-state index in [0.29, 0.717) is 27.4 Å². The monoisotopic (exact) mass is 509 g/mol. The molecule has 9 heteroatoms. The first-order chi connectivity index (χ1) is 16.8. The van der Waals surface area contributed by atoms with Crippen molar-refractivity contribution in [3.05, 3.63) is 87.3 Å². The van der Waals surface area contributed by atoms with Crippen LogP contribution < -0.4 is 21.7 Å². The van der Waals surface area contributed by atoms with Crippen molar-refractivity contribution in [1.82, 2.24) is 20.4 Å². The fraction of sp³-hybridized carbons (Fsp3) is 0.308. The molecule has 0 fully saturated rings. The molecule has 0 saturated carbocycles. The summed E-state index contributed by atoms with van der Waals surface area (Å²) in [4.78, 5) is 4.93. The lowest BCUT2D eigenvalue weighted by Crippen LogP contribution is -2.50. The van der Waals surface area contributed by atoms with E-state index < -0.39 is 5.79 Å². The third kappa shape index (κ3) is 4.95. The summed E-state index contributed by atoms with van der Waals surface area (Å²) in [6.45, 7) is 7.01. The van der Waals surface area contributed by atoms with Gasteiger partial charge in [-0.05, 0) is 48.2 Å². The van der Waals surface area contributed by atoms with E-state index in [1.165, 1.54) is 11.1 Å². The maximum absolute atomic E-state index is 6.76. The van der Waals surface area contributed by atoms with Crippen LogP contribution in [-0.2, 0) is 25.3 Å². The van der Waals surface area contributed by atoms with Gasteiger partial charge in [-0.25, -0.2) is 4.99 Å². The highest BCUT2D eigenvalue weighted by atomic mass is 35.5. The molecular formula is C26H29Cl2N7. The molecule has 1 atom stereocenters. The van der Waals surface area contributed by atoms with Crippen LogP contribution in [0.5, 0.6) is 0 Å². The van der Waals surface area contributed by atoms with Gasteiger partial charge in [0.2, 0.25) is 5.79 Å². The normalized spacial score (nSPS) is 19.6. The summed E-state index contributed by atoms with van der Waals surface area (Å²) in [7, 11) is 0. The van der Waals surface area contributed by atoms with Gasteiger partial charge >= 0.3 is 0 Å². The molecule has 182 valence electrons. The number of nitrogens with two attached hydrogens (primary N) is 1. The minimum atomic E-state index is -1.29. The minimum absolute atomic E-state index is 0.369. The molecule has 2 aromatic carbocycles. The van der Waals surface area contributed by atoms with E-state index in [2.05, 4.69) is 53.1 Å². The van der Waals surface area contributed by atoms with Crippen LogP contribution in [0.3, 0.4) is 0 Å². The molecule has 7 nitrogen and oxygen atoms in total. The average molecular weight is 510 g/mol. The van der Waals surface area contributed by atoms with Gasteiger partial charge in [0.1, 0.15) is 5.84 Å². The standard InChI is InChI=1S/C26H29Cl2N7/c1-16(2)14-35-15-19(12-32-35)21-13-31-26(29,22-4-3-5-23(27)24(22)28)34-25(21)33-20-7-6-17-8-9-30-11-18(17)10-20/h3-7,10,12-13,15-16,30-31H,8-9,11,14,29H2,1-2H3,(H,33,34). The molecule has 1 aromatic heterocycles. The van der Waals surface area contributed by atoms with Crippen LogP contribution in [0.4, 0.5) is 5.69 Å². The van der Waals surface area contributed by atoms with Crippen molar-refractivity contribution in [3.63, 3.8) is 0 Å². The molecule has 2 aliphatic rings. The van der Waals surface area contributed by atoms with Gasteiger partial charge in [-0.3, -0.25) is 10.4 Å². The maximum Gasteiger partial charge on any atom is 0.212 e. The van der Waals surface area contributed by atoms with Gasteiger partial charge in [0.15, 0.2) is 0 Å². The van der Waals surface area contributed by atoms with E-state index in [9.17, 15) is 0 Å². The number of amidine groups is 1. The van der Waals surface area contributed by atoms with E-state index in [4.69, 9.17) is 33.9 Å². The molecule has 35 heavy (non-hydrogen) atoms. The Morgan fingerprint density at radius 2 is 2.06 bits per heavy atom. The summed E-state index contributed by atoms with van der Waals surface area (Å²) in [5.41, 5.74) is 12.7. The average Bonchev–Trinajstić information content (AvgIpc) is 3.28. The molecule has 2 aliphatic heterocycles. The number of halogens is 2. The molecule has 0 radical (unpaired) electrons. The Balaban J connectivity index is 1.54. The van der Waals surface area contributed by atoms with Crippen molar-refractivity contribution in [2.24, 2.45) is 16.6 Å². The molecule has 5 rings (SSSR count). The van der Waals surface area contributed by atoms with Crippen molar-refractivity contribution in [2.75, 3.05) is 11.9 Å². The van der Waals surface area contributed by atoms with Crippen LogP contribution in [0.15, 0.2) is 60.0 Å². The zero-order valence-electron chi connectivity index (χ0n) is 19.8. The molecular weight excluding hydrogens is 481 g/mol. The lowest BCUT2D eigenvalue weighted by atomic mass is 10.00. The van der Waals surface area contributed by atoms with Crippen LogP contribution in [0.1, 0.15) is 36.1 Å². The number of fused-ring (bicyclic) bond motifs is 1. The maximum atomic E-state index is 6.76. The van der Waals surface area contributed by atoms with Crippen molar-refractivity contribution >= 4 is 40.3 Å². The Bertz CT molecular complexity index is 1310. The van der Waals surface area contributed by atoms with Gasteiger partial charge in [-0.15, -0.1) is 0 Å². The summed E-state index contributed by atoms with van der Waals surface area (Å²) in [6, 6.07) is 11.8. The first-order valence-corrected chi connectivity index (χ1v) is 12.5. The number of anilines is 1. The lowest BCUT2D eigenvalue weighted by Gasteiger charge is -2.33. The predicted octanol–water partition coefficient (Wildman–Crippen LogP) is 4.72. The van der Waals surface area contributed by atoms with E-state index >= 15 is 0 Å². The van der Waals surface area contributed by atoms with Crippen molar-refractivity contribution in [3.8, 4) is 0 Å². The highest BCUT2D eigenvalue weighted by molar-refractivity contribution is 6.42. The van der Waals surface area contributed by atoms with Crippen LogP contribution in [0.25, 0.3) is 5.57 Å². The number of hydrogen-bond acceptors (Lipinski definition) is 6. The zero-order chi connectivity index (χ0) is 24.6. The fourth-order valence-corrected chi connectivity index (χ4v) is 4.89. The number of nitrogens with one attached hydrogen (secondary N) is 3. The molecule has 0 bridgehead atoms. The summed E-state index contributed by atoms with van der Waals surface area (Å²) < 4.78 is 1.95. The number of benzene rings is 2. The van der Waals surface area contributed by atoms with Crippen molar-refractivity contribution in [1.29, 1.82) is 0 Å². The SMILES string of the molecule is CC(C)Cn1cc(C2=CNC(N)(c3cccc(Cl)c3Cl)N=C2Nc2ccc3c(c2)CNCC3)cn1. The smallest absolute Gasteiger partial charge is 0.212 e. The molecule has 0 saturated heterocycles. The third-order valence-corrected chi connectivity index (χ3v) is 7.01. The van der Waals surface area contributed by atoms with E-state index in [0.717, 1.165) is 42.9 Å². The van der Waals surface area contributed by atoms with Crippen LogP contribution in [0, 0.1) is 5.92 Å². The molecule has 3 aromatic rings. The van der Waals surface area contributed by atoms with E-state index in [1.54, 1.807) is 6.07 Å². The Morgan fingerprint density at radius 1 is 1.20 bits per heavy atom. The Morgan fingerprint density at radius 3 is 2.89 bits per heavy atom. The lowest BCUT2D eigenvalue weighted by molar-refractivity contribution is 0.412. The number of hydrogen-bond donors (Lipinski definition) is 4. The van der Waals surface area contributed by atoms with Crippen LogP contribution in [0.2, 0.25) is 10.0 Å². The van der Waals surface area contributed by atoms with Gasteiger partial charge in [-0.1, -0.05) is 55.2 Å². The highest BCUT2D eigenvalue weighted by Crippen LogP contribution is 2.34. The third-order valence-electron chi connectivity index (χ3n) is 6.19. The van der Waals surface area contributed by atoms with E-state index in [1.807, 2.05) is 35.4 Å². The second kappa shape index (κ2) is 9.66. The first kappa shape index (κ1) is 23.9. The summed E-state index contributed by atoms with van der Waals surface area (Å²) >= 11 is 12.8. The fourth-order valence-electron chi connectivity index (χ4n) is 4.44. The summed E-state index contributed by atoms with van der Waals surface area (Å²) in [5, 5.41) is 15.5. The number of nitrogens with zero attached hydrogens (tertiary/aromatic N) is 3. The second-order valence-electron chi connectivity index (χ2n) is 9.41. The first-order valence-electron chi connectivity index (χ1n) is 11.8. The number of aliphatic imine (C=N–C) groups is 1.